The summed E-state index contributed by atoms with van der Waals surface area (Å²) < 4.78 is 0. The van der Waals surface area contributed by atoms with Crippen molar-refractivity contribution in [1.29, 1.82) is 0 Å². The number of hydrogen-bond acceptors (Lipinski definition) is 5. The molecule has 2 aromatic rings. The summed E-state index contributed by atoms with van der Waals surface area (Å²) in [7, 11) is 0. The van der Waals surface area contributed by atoms with E-state index < -0.39 is 0 Å². The van der Waals surface area contributed by atoms with E-state index in [1.54, 1.807) is 11.1 Å². The highest BCUT2D eigenvalue weighted by Crippen LogP contribution is 2.31. The number of fused-ring (bicyclic) bond motifs is 1. The van der Waals surface area contributed by atoms with Gasteiger partial charge in [-0.15, -0.1) is 0 Å². The SMILES string of the molecule is Cc1nc([C@H]2CCCCN2)nc2c1CCC(=O)N2Cc1ccccn1. The van der Waals surface area contributed by atoms with E-state index in [1.165, 1.54) is 12.8 Å². The van der Waals surface area contributed by atoms with Gasteiger partial charge < -0.3 is 5.32 Å². The van der Waals surface area contributed by atoms with Gasteiger partial charge in [0.1, 0.15) is 11.6 Å². The number of piperidine rings is 1. The number of aromatic nitrogens is 3. The second-order valence-electron chi connectivity index (χ2n) is 6.77. The fourth-order valence-electron chi connectivity index (χ4n) is 3.65. The third-order valence-corrected chi connectivity index (χ3v) is 5.02. The maximum absolute atomic E-state index is 12.6. The lowest BCUT2D eigenvalue weighted by Gasteiger charge is -2.30. The van der Waals surface area contributed by atoms with E-state index in [2.05, 4.69) is 10.3 Å². The van der Waals surface area contributed by atoms with E-state index in [0.717, 1.165) is 48.0 Å². The van der Waals surface area contributed by atoms with Crippen molar-refractivity contribution in [1.82, 2.24) is 20.3 Å². The van der Waals surface area contributed by atoms with Gasteiger partial charge in [0, 0.05) is 23.9 Å². The van der Waals surface area contributed by atoms with Crippen LogP contribution in [0.5, 0.6) is 0 Å². The summed E-state index contributed by atoms with van der Waals surface area (Å²) in [5.74, 6) is 1.70. The first-order valence-electron chi connectivity index (χ1n) is 9.03. The van der Waals surface area contributed by atoms with Crippen LogP contribution in [0.15, 0.2) is 24.4 Å². The number of nitrogens with zero attached hydrogens (tertiary/aromatic N) is 4. The van der Waals surface area contributed by atoms with Gasteiger partial charge in [0.2, 0.25) is 5.91 Å². The van der Waals surface area contributed by atoms with Crippen LogP contribution in [0.1, 0.15) is 54.5 Å². The van der Waals surface area contributed by atoms with Gasteiger partial charge in [0.25, 0.3) is 0 Å². The average Bonchev–Trinajstić information content (AvgIpc) is 2.65. The number of anilines is 1. The van der Waals surface area contributed by atoms with E-state index in [1.807, 2.05) is 25.1 Å². The molecule has 0 aromatic carbocycles. The highest BCUT2D eigenvalue weighted by Gasteiger charge is 2.30. The van der Waals surface area contributed by atoms with Crippen LogP contribution in [0.4, 0.5) is 5.82 Å². The van der Waals surface area contributed by atoms with Crippen LogP contribution in [0, 0.1) is 6.92 Å². The Labute approximate surface area is 147 Å². The highest BCUT2D eigenvalue weighted by atomic mass is 16.2. The summed E-state index contributed by atoms with van der Waals surface area (Å²) >= 11 is 0. The number of amides is 1. The van der Waals surface area contributed by atoms with Gasteiger partial charge in [-0.3, -0.25) is 14.7 Å². The molecule has 1 atom stereocenters. The summed E-state index contributed by atoms with van der Waals surface area (Å²) in [6.45, 7) is 3.49. The molecule has 1 saturated heterocycles. The van der Waals surface area contributed by atoms with Gasteiger partial charge in [-0.25, -0.2) is 9.97 Å². The number of pyridine rings is 1. The number of hydrogen-bond donors (Lipinski definition) is 1. The van der Waals surface area contributed by atoms with Crippen LogP contribution in [0.3, 0.4) is 0 Å². The third-order valence-electron chi connectivity index (χ3n) is 5.02. The molecular weight excluding hydrogens is 314 g/mol. The smallest absolute Gasteiger partial charge is 0.228 e. The van der Waals surface area contributed by atoms with Crippen LogP contribution >= 0.6 is 0 Å². The quantitative estimate of drug-likeness (QED) is 0.932. The monoisotopic (exact) mass is 337 g/mol. The Morgan fingerprint density at radius 2 is 2.16 bits per heavy atom. The Hall–Kier alpha value is -2.34. The fraction of sp³-hybridized carbons (Fsp3) is 0.474. The molecule has 0 spiro atoms. The molecule has 6 nitrogen and oxygen atoms in total. The predicted molar refractivity (Wildman–Crippen MR) is 95.1 cm³/mol. The molecule has 0 unspecified atom stereocenters. The van der Waals surface area contributed by atoms with E-state index in [4.69, 9.17) is 9.97 Å². The lowest BCUT2D eigenvalue weighted by molar-refractivity contribution is -0.119. The molecule has 1 amide bonds. The van der Waals surface area contributed by atoms with Crippen molar-refractivity contribution in [3.05, 3.63) is 47.2 Å². The van der Waals surface area contributed by atoms with Crippen molar-refractivity contribution < 1.29 is 4.79 Å². The third kappa shape index (κ3) is 3.26. The molecule has 6 heteroatoms. The second kappa shape index (κ2) is 6.88. The molecule has 0 bridgehead atoms. The van der Waals surface area contributed by atoms with Gasteiger partial charge in [-0.1, -0.05) is 12.5 Å². The molecule has 0 aliphatic carbocycles. The molecule has 0 radical (unpaired) electrons. The molecule has 1 N–H and O–H groups in total. The molecule has 130 valence electrons. The minimum absolute atomic E-state index is 0.110. The fourth-order valence-corrected chi connectivity index (χ4v) is 3.65. The Morgan fingerprint density at radius 3 is 2.92 bits per heavy atom. The zero-order valence-electron chi connectivity index (χ0n) is 14.5. The maximum Gasteiger partial charge on any atom is 0.228 e. The summed E-state index contributed by atoms with van der Waals surface area (Å²) in [6.07, 6.45) is 6.42. The highest BCUT2D eigenvalue weighted by molar-refractivity contribution is 5.95. The van der Waals surface area contributed by atoms with E-state index >= 15 is 0 Å². The lowest BCUT2D eigenvalue weighted by Crippen LogP contribution is -2.37. The molecule has 0 saturated carbocycles. The Balaban J connectivity index is 1.71. The molecule has 25 heavy (non-hydrogen) atoms. The van der Waals surface area contributed by atoms with Crippen LogP contribution in [-0.4, -0.2) is 27.4 Å². The van der Waals surface area contributed by atoms with Crippen molar-refractivity contribution in [3.8, 4) is 0 Å². The first kappa shape index (κ1) is 16.1. The van der Waals surface area contributed by atoms with Crippen LogP contribution < -0.4 is 10.2 Å². The first-order chi connectivity index (χ1) is 12.2. The van der Waals surface area contributed by atoms with Crippen LogP contribution in [0.25, 0.3) is 0 Å². The van der Waals surface area contributed by atoms with Crippen molar-refractivity contribution in [2.45, 2.75) is 51.6 Å². The Bertz CT molecular complexity index is 771. The summed E-state index contributed by atoms with van der Waals surface area (Å²) in [5.41, 5.74) is 2.96. The standard InChI is InChI=1S/C19H23N5O/c1-13-15-8-9-17(25)24(12-14-6-2-4-10-20-14)19(15)23-18(22-13)16-7-3-5-11-21-16/h2,4,6,10,16,21H,3,5,7-9,11-12H2,1H3/t16-/m1/s1. The molecule has 4 heterocycles. The molecule has 1 fully saturated rings. The van der Waals surface area contributed by atoms with Gasteiger partial charge in [-0.05, 0) is 44.9 Å². The zero-order chi connectivity index (χ0) is 17.2. The molecule has 2 aromatic heterocycles. The summed E-state index contributed by atoms with van der Waals surface area (Å²) in [6, 6.07) is 5.96. The van der Waals surface area contributed by atoms with E-state index in [0.29, 0.717) is 13.0 Å². The van der Waals surface area contributed by atoms with E-state index in [9.17, 15) is 4.79 Å². The Morgan fingerprint density at radius 1 is 1.24 bits per heavy atom. The van der Waals surface area contributed by atoms with Crippen LogP contribution in [0.2, 0.25) is 0 Å². The minimum atomic E-state index is 0.110. The summed E-state index contributed by atoms with van der Waals surface area (Å²) in [5, 5.41) is 3.50. The van der Waals surface area contributed by atoms with E-state index in [-0.39, 0.29) is 11.9 Å². The van der Waals surface area contributed by atoms with Gasteiger partial charge >= 0.3 is 0 Å². The number of aryl methyl sites for hydroxylation is 1. The number of rotatable bonds is 3. The van der Waals surface area contributed by atoms with Crippen molar-refractivity contribution >= 4 is 11.7 Å². The number of carbonyl (C=O) groups excluding carboxylic acids is 1. The Kier molecular flexibility index (Phi) is 4.44. The molecular formula is C19H23N5O. The number of carbonyl (C=O) groups is 1. The van der Waals surface area contributed by atoms with Gasteiger partial charge in [-0.2, -0.15) is 0 Å². The van der Waals surface area contributed by atoms with Crippen molar-refractivity contribution in [2.75, 3.05) is 11.4 Å². The minimum Gasteiger partial charge on any atom is -0.307 e. The van der Waals surface area contributed by atoms with Crippen molar-refractivity contribution in [2.24, 2.45) is 0 Å². The lowest BCUT2D eigenvalue weighted by atomic mass is 10.0. The predicted octanol–water partition coefficient (Wildman–Crippen LogP) is 2.47. The topological polar surface area (TPSA) is 71.0 Å². The average molecular weight is 337 g/mol. The maximum atomic E-state index is 12.6. The molecule has 2 aliphatic heterocycles. The van der Waals surface area contributed by atoms with Crippen molar-refractivity contribution in [3.63, 3.8) is 0 Å². The largest absolute Gasteiger partial charge is 0.307 e. The van der Waals surface area contributed by atoms with Crippen LogP contribution in [-0.2, 0) is 17.8 Å². The first-order valence-corrected chi connectivity index (χ1v) is 9.03. The second-order valence-corrected chi connectivity index (χ2v) is 6.77. The molecule has 2 aliphatic rings. The molecule has 4 rings (SSSR count). The zero-order valence-corrected chi connectivity index (χ0v) is 14.5. The van der Waals surface area contributed by atoms with Gasteiger partial charge in [0.15, 0.2) is 0 Å². The summed E-state index contributed by atoms with van der Waals surface area (Å²) in [4.78, 5) is 28.3. The normalized spacial score (nSPS) is 20.4. The number of nitrogens with one attached hydrogen (secondary N) is 1. The van der Waals surface area contributed by atoms with Gasteiger partial charge in [0.05, 0.1) is 18.3 Å².